The second-order valence-electron chi connectivity index (χ2n) is 16.8. The number of para-hydroxylation sites is 2. The lowest BCUT2D eigenvalue weighted by molar-refractivity contribution is 0.572. The van der Waals surface area contributed by atoms with E-state index in [1.54, 1.807) is 0 Å². The van der Waals surface area contributed by atoms with E-state index in [-0.39, 0.29) is 5.41 Å². The quantitative estimate of drug-likeness (QED) is 0.118. The number of hydrogen-bond donors (Lipinski definition) is 0. The highest BCUT2D eigenvalue weighted by molar-refractivity contribution is 6.06. The molecule has 290 valence electrons. The largest absolute Gasteiger partial charge is 0.341 e. The van der Waals surface area contributed by atoms with Gasteiger partial charge in [0.25, 0.3) is 0 Å². The zero-order valence-corrected chi connectivity index (χ0v) is 34.2. The van der Waals surface area contributed by atoms with Crippen molar-refractivity contribution in [2.45, 2.75) is 44.4 Å². The van der Waals surface area contributed by atoms with E-state index in [0.29, 0.717) is 0 Å². The Hall–Kier alpha value is -6.90. The maximum Gasteiger partial charge on any atom is 0.0540 e. The maximum atomic E-state index is 4.27. The Morgan fingerprint density at radius 3 is 2.05 bits per heavy atom. The van der Waals surface area contributed by atoms with Gasteiger partial charge >= 0.3 is 0 Å². The minimum Gasteiger partial charge on any atom is -0.341 e. The third kappa shape index (κ3) is 5.85. The predicted octanol–water partition coefficient (Wildman–Crippen LogP) is 15.1. The number of rotatable bonds is 7. The fourth-order valence-electron chi connectivity index (χ4n) is 10.6. The molecule has 2 heterocycles. The predicted molar refractivity (Wildman–Crippen MR) is 255 cm³/mol. The summed E-state index contributed by atoms with van der Waals surface area (Å²) < 4.78 is 0. The average Bonchev–Trinajstić information content (AvgIpc) is 3.91. The number of nitrogens with zero attached hydrogens (tertiary/aromatic N) is 2. The van der Waals surface area contributed by atoms with Gasteiger partial charge in [-0.05, 0) is 136 Å². The summed E-state index contributed by atoms with van der Waals surface area (Å²) in [4.78, 5) is 4.94. The Balaban J connectivity index is 0.890. The molecule has 11 rings (SSSR count). The lowest BCUT2D eigenvalue weighted by Crippen LogP contribution is -2.25. The summed E-state index contributed by atoms with van der Waals surface area (Å²) in [5.74, 6) is 0. The van der Waals surface area contributed by atoms with Crippen molar-refractivity contribution in [3.05, 3.63) is 227 Å². The van der Waals surface area contributed by atoms with Crippen LogP contribution in [0.1, 0.15) is 59.6 Å². The van der Waals surface area contributed by atoms with Gasteiger partial charge in [0.1, 0.15) is 0 Å². The van der Waals surface area contributed by atoms with Crippen LogP contribution < -0.4 is 9.80 Å². The summed E-state index contributed by atoms with van der Waals surface area (Å²) in [5, 5.41) is 2.46. The van der Waals surface area contributed by atoms with E-state index in [2.05, 4.69) is 205 Å². The molecule has 7 aromatic carbocycles. The molecule has 1 spiro atoms. The van der Waals surface area contributed by atoms with Gasteiger partial charge in [-0.3, -0.25) is 0 Å². The summed E-state index contributed by atoms with van der Waals surface area (Å²) in [6, 6.07) is 54.5. The molecule has 0 saturated heterocycles. The Labute approximate surface area is 354 Å². The molecule has 0 bridgehead atoms. The van der Waals surface area contributed by atoms with Crippen LogP contribution in [0.2, 0.25) is 0 Å². The van der Waals surface area contributed by atoms with Crippen molar-refractivity contribution in [2.75, 3.05) is 16.3 Å². The molecule has 60 heavy (non-hydrogen) atoms. The van der Waals surface area contributed by atoms with Crippen LogP contribution in [0.3, 0.4) is 0 Å². The molecule has 0 fully saturated rings. The van der Waals surface area contributed by atoms with Crippen LogP contribution in [0.4, 0.5) is 22.7 Å². The van der Waals surface area contributed by atoms with Crippen molar-refractivity contribution < 1.29 is 0 Å². The van der Waals surface area contributed by atoms with E-state index in [0.717, 1.165) is 37.9 Å². The van der Waals surface area contributed by atoms with E-state index >= 15 is 0 Å². The third-order valence-corrected chi connectivity index (χ3v) is 13.5. The van der Waals surface area contributed by atoms with E-state index in [4.69, 9.17) is 0 Å². The van der Waals surface area contributed by atoms with Crippen molar-refractivity contribution in [1.82, 2.24) is 0 Å². The highest BCUT2D eigenvalue weighted by Crippen LogP contribution is 2.56. The van der Waals surface area contributed by atoms with Crippen LogP contribution in [0.25, 0.3) is 45.2 Å². The summed E-state index contributed by atoms with van der Waals surface area (Å²) >= 11 is 0. The van der Waals surface area contributed by atoms with Crippen LogP contribution in [0.5, 0.6) is 0 Å². The van der Waals surface area contributed by atoms with E-state index < -0.39 is 0 Å². The summed E-state index contributed by atoms with van der Waals surface area (Å²) in [6.45, 7) is 7.42. The zero-order valence-electron chi connectivity index (χ0n) is 34.2. The molecule has 4 aliphatic rings. The molecule has 2 aliphatic carbocycles. The van der Waals surface area contributed by atoms with Crippen LogP contribution in [0.15, 0.2) is 194 Å². The second-order valence-corrected chi connectivity index (χ2v) is 16.8. The van der Waals surface area contributed by atoms with Gasteiger partial charge in [0.05, 0.1) is 5.69 Å². The summed E-state index contributed by atoms with van der Waals surface area (Å²) in [7, 11) is 0. The molecule has 7 aromatic rings. The van der Waals surface area contributed by atoms with Crippen LogP contribution >= 0.6 is 0 Å². The van der Waals surface area contributed by atoms with Crippen molar-refractivity contribution in [2.24, 2.45) is 0 Å². The number of fused-ring (bicyclic) bond motifs is 8. The molecule has 0 amide bonds. The molecule has 2 heteroatoms. The lowest BCUT2D eigenvalue weighted by atomic mass is 9.75. The van der Waals surface area contributed by atoms with Gasteiger partial charge < -0.3 is 9.80 Å². The second kappa shape index (κ2) is 14.7. The molecule has 0 saturated carbocycles. The van der Waals surface area contributed by atoms with Crippen molar-refractivity contribution in [3.63, 3.8) is 0 Å². The SMILES string of the molecule is C=CC1=C(/C=C\C)Cc2ccccc2N1c1ccc(-c2ccc(/C=C/c3ccc4c(c3)C3(CC=CC3)c3cc(N5CCCc6ccccc65)ccc3-4)cc2)c2ccccc12. The number of allylic oxidation sites excluding steroid dienone is 6. The van der Waals surface area contributed by atoms with Crippen molar-refractivity contribution in [3.8, 4) is 22.3 Å². The molecular weight excluding hydrogens is 725 g/mol. The van der Waals surface area contributed by atoms with Gasteiger partial charge in [0.2, 0.25) is 0 Å². The first kappa shape index (κ1) is 36.2. The first-order chi connectivity index (χ1) is 29.6. The van der Waals surface area contributed by atoms with E-state index in [1.807, 2.05) is 6.08 Å². The maximum absolute atomic E-state index is 4.27. The van der Waals surface area contributed by atoms with E-state index in [1.165, 1.54) is 101 Å². The topological polar surface area (TPSA) is 6.48 Å². The average molecular weight is 773 g/mol. The molecule has 0 radical (unpaired) electrons. The minimum absolute atomic E-state index is 0.00439. The first-order valence-electron chi connectivity index (χ1n) is 21.6. The molecule has 0 aromatic heterocycles. The molecule has 0 atom stereocenters. The Morgan fingerprint density at radius 2 is 1.25 bits per heavy atom. The fraction of sp³-hybridized carbons (Fsp3) is 0.138. The van der Waals surface area contributed by atoms with Gasteiger partial charge in [-0.1, -0.05) is 158 Å². The lowest BCUT2D eigenvalue weighted by Gasteiger charge is -2.35. The van der Waals surface area contributed by atoms with Gasteiger partial charge in [0, 0.05) is 46.5 Å². The van der Waals surface area contributed by atoms with Crippen molar-refractivity contribution >= 4 is 45.7 Å². The number of aryl methyl sites for hydroxylation is 1. The fourth-order valence-corrected chi connectivity index (χ4v) is 10.6. The molecule has 0 unspecified atom stereocenters. The number of anilines is 4. The third-order valence-electron chi connectivity index (χ3n) is 13.5. The number of hydrogen-bond acceptors (Lipinski definition) is 2. The van der Waals surface area contributed by atoms with Crippen LogP contribution in [-0.4, -0.2) is 6.54 Å². The molecule has 2 nitrogen and oxygen atoms in total. The molecule has 0 N–H and O–H groups in total. The Bertz CT molecular complexity index is 2960. The number of benzene rings is 7. The van der Waals surface area contributed by atoms with Gasteiger partial charge in [-0.2, -0.15) is 0 Å². The standard InChI is InChI=1S/C58H48N2/c1-3-14-44-38-45-16-6-10-21-56(45)60(54(44)4-2)57-33-32-47(48-18-7-8-19-51(48)57)42-27-24-40(25-28-42)22-23-41-26-30-49-50-31-29-46(59-36-13-17-43-15-5-9-20-55(43)59)39-53(50)58(52(49)37-41)34-11-12-35-58/h3-12,14-16,18-33,37,39H,2,13,17,34-36,38H2,1H3/b14-3-,23-22+. The normalized spacial score (nSPS) is 16.2. The molecule has 2 aliphatic heterocycles. The summed E-state index contributed by atoms with van der Waals surface area (Å²) in [5.41, 5.74) is 20.8. The smallest absolute Gasteiger partial charge is 0.0540 e. The van der Waals surface area contributed by atoms with Gasteiger partial charge in [-0.15, -0.1) is 0 Å². The Morgan fingerprint density at radius 1 is 0.583 bits per heavy atom. The van der Waals surface area contributed by atoms with E-state index in [9.17, 15) is 0 Å². The molecular formula is C58H48N2. The zero-order chi connectivity index (χ0) is 40.2. The first-order valence-corrected chi connectivity index (χ1v) is 21.6. The van der Waals surface area contributed by atoms with Crippen LogP contribution in [-0.2, 0) is 18.3 Å². The van der Waals surface area contributed by atoms with Crippen molar-refractivity contribution in [1.29, 1.82) is 0 Å². The highest BCUT2D eigenvalue weighted by Gasteiger charge is 2.44. The Kier molecular flexibility index (Phi) is 8.89. The minimum atomic E-state index is -0.00439. The van der Waals surface area contributed by atoms with Crippen LogP contribution in [0, 0.1) is 0 Å². The highest BCUT2D eigenvalue weighted by atomic mass is 15.2. The monoisotopic (exact) mass is 772 g/mol. The summed E-state index contributed by atoms with van der Waals surface area (Å²) in [6.07, 6.45) is 21.0. The van der Waals surface area contributed by atoms with Gasteiger partial charge in [0.15, 0.2) is 0 Å². The van der Waals surface area contributed by atoms with Gasteiger partial charge in [-0.25, -0.2) is 0 Å².